The number of fused-ring (bicyclic) bond motifs is 1. The summed E-state index contributed by atoms with van der Waals surface area (Å²) in [5.41, 5.74) is 3.40. The maximum absolute atomic E-state index is 13.3. The minimum Gasteiger partial charge on any atom is -0.469 e. The van der Waals surface area contributed by atoms with E-state index in [2.05, 4.69) is 10.0 Å². The average molecular weight is 574 g/mol. The Balaban J connectivity index is 1.49. The van der Waals surface area contributed by atoms with Gasteiger partial charge in [0.25, 0.3) is 0 Å². The number of sulfonamides is 1. The van der Waals surface area contributed by atoms with Crippen LogP contribution in [0.2, 0.25) is 5.02 Å². The van der Waals surface area contributed by atoms with Crippen molar-refractivity contribution >= 4 is 44.4 Å². The van der Waals surface area contributed by atoms with Gasteiger partial charge >= 0.3 is 5.97 Å². The summed E-state index contributed by atoms with van der Waals surface area (Å²) in [4.78, 5) is 23.9. The molecule has 1 aromatic heterocycles. The molecule has 1 amide bonds. The number of nitrogens with zero attached hydrogens (tertiary/aromatic N) is 1. The second-order valence-electron chi connectivity index (χ2n) is 10.1. The minimum absolute atomic E-state index is 0.0560. The van der Waals surface area contributed by atoms with Crippen LogP contribution in [0.25, 0.3) is 22.2 Å². The summed E-state index contributed by atoms with van der Waals surface area (Å²) in [6.07, 6.45) is 4.37. The Morgan fingerprint density at radius 2 is 1.77 bits per heavy atom. The van der Waals surface area contributed by atoms with Gasteiger partial charge in [-0.25, -0.2) is 13.1 Å². The van der Waals surface area contributed by atoms with Gasteiger partial charge in [0.2, 0.25) is 15.9 Å². The van der Waals surface area contributed by atoms with Crippen molar-refractivity contribution in [1.82, 2.24) is 14.6 Å². The molecule has 1 aliphatic rings. The predicted octanol–water partition coefficient (Wildman–Crippen LogP) is 4.97. The first-order chi connectivity index (χ1) is 18.6. The topological polar surface area (TPSA) is 106 Å². The second kappa shape index (κ2) is 12.5. The van der Waals surface area contributed by atoms with Crippen LogP contribution in [0.3, 0.4) is 0 Å². The molecule has 8 nitrogen and oxygen atoms in total. The van der Waals surface area contributed by atoms with Gasteiger partial charge in [-0.2, -0.15) is 0 Å². The normalized spacial score (nSPS) is 17.7. The summed E-state index contributed by atoms with van der Waals surface area (Å²) in [7, 11) is -0.513. The number of amides is 1. The lowest BCUT2D eigenvalue weighted by molar-refractivity contribution is -0.140. The lowest BCUT2D eigenvalue weighted by Crippen LogP contribution is -2.41. The van der Waals surface area contributed by atoms with Gasteiger partial charge in [0, 0.05) is 37.4 Å². The fraction of sp³-hybridized carbons (Fsp3) is 0.448. The van der Waals surface area contributed by atoms with E-state index in [4.69, 9.17) is 16.3 Å². The number of nitrogens with one attached hydrogen (secondary N) is 2. The van der Waals surface area contributed by atoms with Crippen molar-refractivity contribution in [2.75, 3.05) is 13.7 Å². The van der Waals surface area contributed by atoms with Crippen molar-refractivity contribution in [3.05, 3.63) is 53.1 Å². The molecule has 4 rings (SSSR count). The van der Waals surface area contributed by atoms with E-state index in [0.29, 0.717) is 55.6 Å². The smallest absolute Gasteiger partial charge is 0.305 e. The van der Waals surface area contributed by atoms with Gasteiger partial charge in [-0.3, -0.25) is 9.59 Å². The molecular weight excluding hydrogens is 538 g/mol. The van der Waals surface area contributed by atoms with Gasteiger partial charge < -0.3 is 14.6 Å². The zero-order valence-corrected chi connectivity index (χ0v) is 24.2. The fourth-order valence-corrected chi connectivity index (χ4v) is 6.91. The number of benzene rings is 2. The molecule has 0 unspecified atom stereocenters. The number of halogens is 1. The first kappa shape index (κ1) is 29.1. The van der Waals surface area contributed by atoms with Gasteiger partial charge in [0.1, 0.15) is 0 Å². The largest absolute Gasteiger partial charge is 0.469 e. The van der Waals surface area contributed by atoms with E-state index in [9.17, 15) is 18.0 Å². The molecule has 1 heterocycles. The SMILES string of the molecule is CCCNC(=O)C1CCC(NS(=O)(=O)c2ccc3c(Cl)c(-c4ccc(CCC(=O)OC)cc4)n(C)c3c2)CC1. The second-order valence-corrected chi connectivity index (χ2v) is 12.2. The number of ether oxygens (including phenoxy) is 1. The zero-order chi connectivity index (χ0) is 28.2. The maximum atomic E-state index is 13.3. The molecule has 10 heteroatoms. The van der Waals surface area contributed by atoms with Gasteiger partial charge in [-0.15, -0.1) is 0 Å². The number of carbonyl (C=O) groups excluding carboxylic acids is 2. The summed E-state index contributed by atoms with van der Waals surface area (Å²) < 4.78 is 36.0. The van der Waals surface area contributed by atoms with Crippen molar-refractivity contribution < 1.29 is 22.7 Å². The molecule has 0 spiro atoms. The van der Waals surface area contributed by atoms with Crippen LogP contribution in [0, 0.1) is 5.92 Å². The molecule has 1 fully saturated rings. The molecule has 0 aliphatic heterocycles. The molecule has 0 radical (unpaired) electrons. The third-order valence-electron chi connectivity index (χ3n) is 7.46. The quantitative estimate of drug-likeness (QED) is 0.333. The first-order valence-corrected chi connectivity index (χ1v) is 15.2. The summed E-state index contributed by atoms with van der Waals surface area (Å²) in [6, 6.07) is 12.6. The van der Waals surface area contributed by atoms with Crippen molar-refractivity contribution in [3.63, 3.8) is 0 Å². The minimum atomic E-state index is -3.75. The van der Waals surface area contributed by atoms with Crippen molar-refractivity contribution in [2.24, 2.45) is 13.0 Å². The molecule has 2 N–H and O–H groups in total. The van der Waals surface area contributed by atoms with E-state index in [1.807, 2.05) is 42.8 Å². The summed E-state index contributed by atoms with van der Waals surface area (Å²) in [6.45, 7) is 2.68. The Bertz CT molecular complexity index is 1440. The Labute approximate surface area is 235 Å². The van der Waals surface area contributed by atoms with E-state index in [1.54, 1.807) is 18.2 Å². The maximum Gasteiger partial charge on any atom is 0.305 e. The summed E-state index contributed by atoms with van der Waals surface area (Å²) >= 11 is 6.77. The number of aryl methyl sites for hydroxylation is 2. The van der Waals surface area contributed by atoms with Gasteiger partial charge in [0.05, 0.1) is 28.2 Å². The Morgan fingerprint density at radius 3 is 2.41 bits per heavy atom. The molecule has 210 valence electrons. The highest BCUT2D eigenvalue weighted by atomic mass is 35.5. The number of rotatable bonds is 10. The van der Waals surface area contributed by atoms with Crippen LogP contribution >= 0.6 is 11.6 Å². The predicted molar refractivity (Wildman–Crippen MR) is 153 cm³/mol. The number of hydrogen-bond acceptors (Lipinski definition) is 5. The molecular formula is C29H36ClN3O5S. The van der Waals surface area contributed by atoms with Gasteiger partial charge in [0.15, 0.2) is 0 Å². The van der Waals surface area contributed by atoms with Crippen molar-refractivity contribution in [2.45, 2.75) is 62.8 Å². The number of hydrogen-bond donors (Lipinski definition) is 2. The van der Waals surface area contributed by atoms with E-state index in [1.165, 1.54) is 7.11 Å². The Hall–Kier alpha value is -2.88. The van der Waals surface area contributed by atoms with E-state index in [-0.39, 0.29) is 28.7 Å². The summed E-state index contributed by atoms with van der Waals surface area (Å²) in [5, 5.41) is 4.25. The van der Waals surface area contributed by atoms with Crippen molar-refractivity contribution in [1.29, 1.82) is 0 Å². The number of esters is 1. The highest BCUT2D eigenvalue weighted by molar-refractivity contribution is 7.89. The van der Waals surface area contributed by atoms with Gasteiger partial charge in [-0.05, 0) is 67.9 Å². The van der Waals surface area contributed by atoms with E-state index in [0.717, 1.165) is 28.6 Å². The number of aromatic nitrogens is 1. The zero-order valence-electron chi connectivity index (χ0n) is 22.6. The molecule has 1 aliphatic carbocycles. The number of methoxy groups -OCH3 is 1. The van der Waals surface area contributed by atoms with E-state index >= 15 is 0 Å². The third-order valence-corrected chi connectivity index (χ3v) is 9.36. The number of carbonyl (C=O) groups is 2. The van der Waals surface area contributed by atoms with Crippen LogP contribution in [0.5, 0.6) is 0 Å². The standard InChI is InChI=1S/C29H36ClN3O5S/c1-4-17-31-29(35)21-10-12-22(13-11-21)32-39(36,37)23-14-15-24-25(18-23)33(2)28(27(24)30)20-8-5-19(6-9-20)7-16-26(34)38-3/h5-6,8-9,14-15,18,21-22,32H,4,7,10-13,16-17H2,1-3H3,(H,31,35). The average Bonchev–Trinajstić information content (AvgIpc) is 3.19. The summed E-state index contributed by atoms with van der Waals surface area (Å²) in [5.74, 6) is -0.242. The lowest BCUT2D eigenvalue weighted by Gasteiger charge is -2.28. The molecule has 0 saturated heterocycles. The van der Waals surface area contributed by atoms with Crippen LogP contribution in [0.15, 0.2) is 47.4 Å². The Morgan fingerprint density at radius 1 is 1.08 bits per heavy atom. The fourth-order valence-electron chi connectivity index (χ4n) is 5.19. The molecule has 39 heavy (non-hydrogen) atoms. The van der Waals surface area contributed by atoms with E-state index < -0.39 is 10.0 Å². The molecule has 0 atom stereocenters. The van der Waals surface area contributed by atoms with Gasteiger partial charge in [-0.1, -0.05) is 42.8 Å². The van der Waals surface area contributed by atoms with Crippen LogP contribution in [0.1, 0.15) is 51.0 Å². The highest BCUT2D eigenvalue weighted by Gasteiger charge is 2.29. The highest BCUT2D eigenvalue weighted by Crippen LogP contribution is 2.38. The van der Waals surface area contributed by atoms with Crippen molar-refractivity contribution in [3.8, 4) is 11.3 Å². The third kappa shape index (κ3) is 6.65. The molecule has 2 aromatic carbocycles. The van der Waals surface area contributed by atoms with Crippen LogP contribution < -0.4 is 10.0 Å². The molecule has 1 saturated carbocycles. The monoisotopic (exact) mass is 573 g/mol. The van der Waals surface area contributed by atoms with Crippen LogP contribution in [0.4, 0.5) is 0 Å². The van der Waals surface area contributed by atoms with Crippen LogP contribution in [-0.4, -0.2) is 44.6 Å². The Kier molecular flexibility index (Phi) is 9.35. The first-order valence-electron chi connectivity index (χ1n) is 13.4. The van der Waals surface area contributed by atoms with Crippen LogP contribution in [-0.2, 0) is 37.8 Å². The molecule has 0 bridgehead atoms. The lowest BCUT2D eigenvalue weighted by atomic mass is 9.86. The molecule has 3 aromatic rings.